The number of nitrogens with one attached hydrogen (secondary N) is 1. The number of halogens is 2. The molecule has 0 bridgehead atoms. The summed E-state index contributed by atoms with van der Waals surface area (Å²) in [6.07, 6.45) is 0.170. The van der Waals surface area contributed by atoms with Crippen molar-refractivity contribution in [1.29, 1.82) is 0 Å². The molecular formula is C18H18ClFN2O2. The fourth-order valence-electron chi connectivity index (χ4n) is 2.19. The number of benzene rings is 2. The number of carbonyl (C=O) groups excluding carboxylic acids is 2. The Balaban J connectivity index is 1.87. The summed E-state index contributed by atoms with van der Waals surface area (Å²) < 4.78 is 12.8. The van der Waals surface area contributed by atoms with E-state index in [4.69, 9.17) is 11.6 Å². The molecule has 24 heavy (non-hydrogen) atoms. The zero-order valence-corrected chi connectivity index (χ0v) is 14.0. The number of hydrogen-bond donors (Lipinski definition) is 1. The first-order valence-corrected chi connectivity index (χ1v) is 7.88. The summed E-state index contributed by atoms with van der Waals surface area (Å²) in [5.74, 6) is -0.645. The number of rotatable bonds is 6. The molecule has 0 aliphatic rings. The van der Waals surface area contributed by atoms with Crippen LogP contribution in [0.4, 0.5) is 10.1 Å². The van der Waals surface area contributed by atoms with Gasteiger partial charge in [0.25, 0.3) is 0 Å². The van der Waals surface area contributed by atoms with Crippen molar-refractivity contribution in [3.8, 4) is 0 Å². The van der Waals surface area contributed by atoms with Gasteiger partial charge in [-0.05, 0) is 42.0 Å². The molecule has 1 N–H and O–H groups in total. The Morgan fingerprint density at radius 1 is 1.08 bits per heavy atom. The Morgan fingerprint density at radius 3 is 2.29 bits per heavy atom. The molecule has 6 heteroatoms. The van der Waals surface area contributed by atoms with Crippen molar-refractivity contribution in [2.75, 3.05) is 11.4 Å². The van der Waals surface area contributed by atoms with Gasteiger partial charge in [-0.2, -0.15) is 0 Å². The normalized spacial score (nSPS) is 10.3. The molecule has 0 aromatic heterocycles. The van der Waals surface area contributed by atoms with E-state index in [-0.39, 0.29) is 30.6 Å². The highest BCUT2D eigenvalue weighted by molar-refractivity contribution is 6.30. The molecule has 0 heterocycles. The van der Waals surface area contributed by atoms with Gasteiger partial charge in [0.1, 0.15) is 5.82 Å². The third-order valence-electron chi connectivity index (χ3n) is 3.48. The van der Waals surface area contributed by atoms with Gasteiger partial charge < -0.3 is 10.2 Å². The minimum Gasteiger partial charge on any atom is -0.352 e. The van der Waals surface area contributed by atoms with E-state index in [0.29, 0.717) is 17.3 Å². The molecule has 4 nitrogen and oxygen atoms in total. The fraction of sp³-hybridized carbons (Fsp3) is 0.222. The first kappa shape index (κ1) is 17.9. The van der Waals surface area contributed by atoms with Crippen LogP contribution in [0.2, 0.25) is 5.02 Å². The zero-order valence-electron chi connectivity index (χ0n) is 13.3. The number of carbonyl (C=O) groups is 2. The summed E-state index contributed by atoms with van der Waals surface area (Å²) in [7, 11) is 0. The largest absolute Gasteiger partial charge is 0.352 e. The molecule has 0 aliphatic carbocycles. The number of nitrogens with zero attached hydrogens (tertiary/aromatic N) is 1. The molecule has 2 aromatic rings. The highest BCUT2D eigenvalue weighted by Crippen LogP contribution is 2.18. The first-order valence-electron chi connectivity index (χ1n) is 7.50. The van der Waals surface area contributed by atoms with Gasteiger partial charge in [-0.1, -0.05) is 23.7 Å². The van der Waals surface area contributed by atoms with Gasteiger partial charge in [0.05, 0.1) is 0 Å². The van der Waals surface area contributed by atoms with Crippen molar-refractivity contribution >= 4 is 29.1 Å². The highest BCUT2D eigenvalue weighted by Gasteiger charge is 2.13. The minimum atomic E-state index is -0.315. The lowest BCUT2D eigenvalue weighted by atomic mass is 10.2. The molecule has 0 radical (unpaired) electrons. The van der Waals surface area contributed by atoms with Crippen molar-refractivity contribution in [3.63, 3.8) is 0 Å². The molecular weight excluding hydrogens is 331 g/mol. The molecule has 0 atom stereocenters. The molecule has 0 spiro atoms. The van der Waals surface area contributed by atoms with Gasteiger partial charge in [0.15, 0.2) is 0 Å². The van der Waals surface area contributed by atoms with Crippen LogP contribution >= 0.6 is 11.6 Å². The van der Waals surface area contributed by atoms with Crippen LogP contribution in [0.5, 0.6) is 0 Å². The Bertz CT molecular complexity index is 702. The molecule has 0 aliphatic heterocycles. The predicted molar refractivity (Wildman–Crippen MR) is 92.3 cm³/mol. The van der Waals surface area contributed by atoms with Crippen molar-refractivity contribution in [3.05, 3.63) is 64.9 Å². The summed E-state index contributed by atoms with van der Waals surface area (Å²) in [6, 6.07) is 12.8. The van der Waals surface area contributed by atoms with E-state index in [1.807, 2.05) is 0 Å². The van der Waals surface area contributed by atoms with E-state index >= 15 is 0 Å². The van der Waals surface area contributed by atoms with E-state index < -0.39 is 0 Å². The van der Waals surface area contributed by atoms with E-state index in [1.165, 1.54) is 24.0 Å². The topological polar surface area (TPSA) is 49.4 Å². The Hall–Kier alpha value is -2.40. The Kier molecular flexibility index (Phi) is 6.32. The summed E-state index contributed by atoms with van der Waals surface area (Å²) in [4.78, 5) is 25.3. The van der Waals surface area contributed by atoms with Crippen LogP contribution in [0.15, 0.2) is 48.5 Å². The maximum absolute atomic E-state index is 12.8. The molecule has 0 fully saturated rings. The maximum atomic E-state index is 12.8. The second kappa shape index (κ2) is 8.45. The molecule has 2 aromatic carbocycles. The third kappa shape index (κ3) is 5.35. The molecule has 0 saturated carbocycles. The van der Waals surface area contributed by atoms with Crippen LogP contribution in [0.25, 0.3) is 0 Å². The number of anilines is 1. The molecule has 126 valence electrons. The van der Waals surface area contributed by atoms with Gasteiger partial charge in [0.2, 0.25) is 11.8 Å². The van der Waals surface area contributed by atoms with Crippen molar-refractivity contribution < 1.29 is 14.0 Å². The highest BCUT2D eigenvalue weighted by atomic mass is 35.5. The Morgan fingerprint density at radius 2 is 1.71 bits per heavy atom. The summed E-state index contributed by atoms with van der Waals surface area (Å²) >= 11 is 5.84. The second-order valence-electron chi connectivity index (χ2n) is 5.30. The quantitative estimate of drug-likeness (QED) is 0.868. The molecule has 0 saturated heterocycles. The lowest BCUT2D eigenvalue weighted by molar-refractivity contribution is -0.121. The molecule has 2 rings (SSSR count). The number of amides is 2. The number of hydrogen-bond acceptors (Lipinski definition) is 2. The third-order valence-corrected chi connectivity index (χ3v) is 3.74. The standard InChI is InChI=1S/C18H18ClFN2O2/c1-13(23)22(17-8-4-15(19)5-9-17)11-10-18(24)21-12-14-2-6-16(20)7-3-14/h2-9H,10-12H2,1H3,(H,21,24). The van der Waals surface area contributed by atoms with Gasteiger partial charge in [-0.3, -0.25) is 9.59 Å². The average Bonchev–Trinajstić information content (AvgIpc) is 2.56. The van der Waals surface area contributed by atoms with Gasteiger partial charge >= 0.3 is 0 Å². The van der Waals surface area contributed by atoms with Crippen LogP contribution in [0.3, 0.4) is 0 Å². The van der Waals surface area contributed by atoms with Crippen LogP contribution in [0.1, 0.15) is 18.9 Å². The average molecular weight is 349 g/mol. The smallest absolute Gasteiger partial charge is 0.223 e. The van der Waals surface area contributed by atoms with Gasteiger partial charge in [0, 0.05) is 37.1 Å². The lowest BCUT2D eigenvalue weighted by Gasteiger charge is -2.21. The Labute approximate surface area is 145 Å². The maximum Gasteiger partial charge on any atom is 0.223 e. The first-order chi connectivity index (χ1) is 11.5. The van der Waals surface area contributed by atoms with Crippen LogP contribution in [-0.4, -0.2) is 18.4 Å². The van der Waals surface area contributed by atoms with Crippen LogP contribution < -0.4 is 10.2 Å². The van der Waals surface area contributed by atoms with E-state index in [0.717, 1.165) is 5.56 Å². The predicted octanol–water partition coefficient (Wildman–Crippen LogP) is 3.54. The van der Waals surface area contributed by atoms with Gasteiger partial charge in [-0.15, -0.1) is 0 Å². The minimum absolute atomic E-state index is 0.149. The van der Waals surface area contributed by atoms with E-state index in [2.05, 4.69) is 5.32 Å². The van der Waals surface area contributed by atoms with Crippen molar-refractivity contribution in [2.45, 2.75) is 19.9 Å². The second-order valence-corrected chi connectivity index (χ2v) is 5.74. The fourth-order valence-corrected chi connectivity index (χ4v) is 2.32. The van der Waals surface area contributed by atoms with E-state index in [9.17, 15) is 14.0 Å². The SMILES string of the molecule is CC(=O)N(CCC(=O)NCc1ccc(F)cc1)c1ccc(Cl)cc1. The lowest BCUT2D eigenvalue weighted by Crippen LogP contribution is -2.33. The van der Waals surface area contributed by atoms with E-state index in [1.54, 1.807) is 36.4 Å². The van der Waals surface area contributed by atoms with Gasteiger partial charge in [-0.25, -0.2) is 4.39 Å². The monoisotopic (exact) mass is 348 g/mol. The van der Waals surface area contributed by atoms with Crippen LogP contribution in [0, 0.1) is 5.82 Å². The molecule has 2 amide bonds. The molecule has 0 unspecified atom stereocenters. The summed E-state index contributed by atoms with van der Waals surface area (Å²) in [5.41, 5.74) is 1.50. The summed E-state index contributed by atoms with van der Waals surface area (Å²) in [5, 5.41) is 3.34. The zero-order chi connectivity index (χ0) is 17.5. The summed E-state index contributed by atoms with van der Waals surface area (Å²) in [6.45, 7) is 2.04. The van der Waals surface area contributed by atoms with Crippen LogP contribution in [-0.2, 0) is 16.1 Å². The van der Waals surface area contributed by atoms with Crippen molar-refractivity contribution in [1.82, 2.24) is 5.32 Å². The van der Waals surface area contributed by atoms with Crippen molar-refractivity contribution in [2.24, 2.45) is 0 Å².